The van der Waals surface area contributed by atoms with E-state index in [-0.39, 0.29) is 5.97 Å². The lowest BCUT2D eigenvalue weighted by Gasteiger charge is -2.06. The predicted octanol–water partition coefficient (Wildman–Crippen LogP) is 4.77. The summed E-state index contributed by atoms with van der Waals surface area (Å²) in [6, 6.07) is 7.04. The van der Waals surface area contributed by atoms with Gasteiger partial charge in [0.1, 0.15) is 5.75 Å². The second-order valence-corrected chi connectivity index (χ2v) is 4.97. The lowest BCUT2D eigenvalue weighted by Crippen LogP contribution is -2.01. The van der Waals surface area contributed by atoms with E-state index in [1.54, 1.807) is 24.3 Å². The van der Waals surface area contributed by atoms with Crippen molar-refractivity contribution in [2.45, 2.75) is 45.4 Å². The summed E-state index contributed by atoms with van der Waals surface area (Å²) in [5.41, 5.74) is 0.544. The van der Waals surface area contributed by atoms with E-state index in [0.717, 1.165) is 25.0 Å². The molecular formula is C18H26O3. The molecule has 0 amide bonds. The molecular weight excluding hydrogens is 264 g/mol. The Labute approximate surface area is 128 Å². The molecule has 0 spiro atoms. The molecule has 0 atom stereocenters. The summed E-state index contributed by atoms with van der Waals surface area (Å²) >= 11 is 0. The maximum Gasteiger partial charge on any atom is 0.337 e. The predicted molar refractivity (Wildman–Crippen MR) is 85.8 cm³/mol. The quantitative estimate of drug-likeness (QED) is 0.354. The van der Waals surface area contributed by atoms with Crippen LogP contribution in [0.4, 0.5) is 0 Å². The molecule has 0 radical (unpaired) electrons. The molecule has 3 heteroatoms. The Kier molecular flexibility index (Phi) is 9.01. The molecule has 1 aromatic rings. The van der Waals surface area contributed by atoms with Crippen molar-refractivity contribution < 1.29 is 14.3 Å². The van der Waals surface area contributed by atoms with Crippen LogP contribution in [0.15, 0.2) is 36.4 Å². The van der Waals surface area contributed by atoms with E-state index in [9.17, 15) is 4.79 Å². The minimum absolute atomic E-state index is 0.323. The number of allylic oxidation sites excluding steroid dienone is 2. The first-order valence-electron chi connectivity index (χ1n) is 7.74. The number of carbonyl (C=O) groups excluding carboxylic acids is 1. The minimum atomic E-state index is -0.323. The van der Waals surface area contributed by atoms with Crippen LogP contribution >= 0.6 is 0 Å². The largest absolute Gasteiger partial charge is 0.494 e. The smallest absolute Gasteiger partial charge is 0.337 e. The SMILES string of the molecule is CCCCC=CCCCCOc1ccc(C(=O)OC)cc1. The highest BCUT2D eigenvalue weighted by atomic mass is 16.5. The molecule has 0 N–H and O–H groups in total. The van der Waals surface area contributed by atoms with Gasteiger partial charge in [0.05, 0.1) is 19.3 Å². The Morgan fingerprint density at radius 2 is 1.71 bits per heavy atom. The van der Waals surface area contributed by atoms with Crippen molar-refractivity contribution in [2.24, 2.45) is 0 Å². The van der Waals surface area contributed by atoms with Crippen molar-refractivity contribution in [3.05, 3.63) is 42.0 Å². The van der Waals surface area contributed by atoms with Gasteiger partial charge in [0.25, 0.3) is 0 Å². The maximum atomic E-state index is 11.3. The van der Waals surface area contributed by atoms with Crippen LogP contribution < -0.4 is 4.74 Å². The first-order valence-corrected chi connectivity index (χ1v) is 7.74. The lowest BCUT2D eigenvalue weighted by atomic mass is 10.2. The summed E-state index contributed by atoms with van der Waals surface area (Å²) in [6.07, 6.45) is 11.6. The minimum Gasteiger partial charge on any atom is -0.494 e. The zero-order chi connectivity index (χ0) is 15.3. The van der Waals surface area contributed by atoms with Crippen LogP contribution in [0.25, 0.3) is 0 Å². The van der Waals surface area contributed by atoms with Crippen LogP contribution in [0.5, 0.6) is 5.75 Å². The number of ether oxygens (including phenoxy) is 2. The number of hydrogen-bond donors (Lipinski definition) is 0. The third-order valence-electron chi connectivity index (χ3n) is 3.20. The summed E-state index contributed by atoms with van der Waals surface area (Å²) < 4.78 is 10.3. The van der Waals surface area contributed by atoms with Crippen molar-refractivity contribution in [1.82, 2.24) is 0 Å². The van der Waals surface area contributed by atoms with Gasteiger partial charge in [-0.3, -0.25) is 0 Å². The summed E-state index contributed by atoms with van der Waals surface area (Å²) in [5, 5.41) is 0. The highest BCUT2D eigenvalue weighted by Crippen LogP contribution is 2.13. The summed E-state index contributed by atoms with van der Waals surface area (Å²) in [4.78, 5) is 11.3. The van der Waals surface area contributed by atoms with Gasteiger partial charge < -0.3 is 9.47 Å². The molecule has 0 saturated carbocycles. The monoisotopic (exact) mass is 290 g/mol. The molecule has 116 valence electrons. The average molecular weight is 290 g/mol. The Bertz CT molecular complexity index is 421. The van der Waals surface area contributed by atoms with Gasteiger partial charge in [0.15, 0.2) is 0 Å². The fraction of sp³-hybridized carbons (Fsp3) is 0.500. The number of rotatable bonds is 10. The number of hydrogen-bond acceptors (Lipinski definition) is 3. The molecule has 0 aliphatic rings. The number of esters is 1. The third-order valence-corrected chi connectivity index (χ3v) is 3.20. The van der Waals surface area contributed by atoms with E-state index >= 15 is 0 Å². The van der Waals surface area contributed by atoms with Crippen molar-refractivity contribution in [1.29, 1.82) is 0 Å². The standard InChI is InChI=1S/C18H26O3/c1-3-4-5-6-7-8-9-10-15-21-17-13-11-16(12-14-17)18(19)20-2/h6-7,11-14H,3-5,8-10,15H2,1-2H3. The topological polar surface area (TPSA) is 35.5 Å². The Morgan fingerprint density at radius 1 is 1.05 bits per heavy atom. The molecule has 0 aliphatic carbocycles. The lowest BCUT2D eigenvalue weighted by molar-refractivity contribution is 0.0600. The van der Waals surface area contributed by atoms with E-state index < -0.39 is 0 Å². The molecule has 21 heavy (non-hydrogen) atoms. The zero-order valence-electron chi connectivity index (χ0n) is 13.1. The van der Waals surface area contributed by atoms with Crippen molar-refractivity contribution in [3.8, 4) is 5.75 Å². The van der Waals surface area contributed by atoms with Crippen molar-refractivity contribution >= 4 is 5.97 Å². The van der Waals surface area contributed by atoms with Gasteiger partial charge in [-0.1, -0.05) is 31.9 Å². The molecule has 0 aliphatic heterocycles. The Balaban J connectivity index is 2.13. The van der Waals surface area contributed by atoms with Crippen LogP contribution in [-0.4, -0.2) is 19.7 Å². The van der Waals surface area contributed by atoms with Gasteiger partial charge in [-0.05, 0) is 49.9 Å². The summed E-state index contributed by atoms with van der Waals surface area (Å²) in [7, 11) is 1.38. The molecule has 0 unspecified atom stereocenters. The number of unbranched alkanes of at least 4 members (excludes halogenated alkanes) is 4. The Morgan fingerprint density at radius 3 is 2.33 bits per heavy atom. The van der Waals surface area contributed by atoms with Gasteiger partial charge in [-0.2, -0.15) is 0 Å². The van der Waals surface area contributed by atoms with Gasteiger partial charge in [0, 0.05) is 0 Å². The first kappa shape index (κ1) is 17.3. The van der Waals surface area contributed by atoms with Crippen LogP contribution in [0, 0.1) is 0 Å². The average Bonchev–Trinajstić information content (AvgIpc) is 2.53. The van der Waals surface area contributed by atoms with E-state index in [1.165, 1.54) is 26.4 Å². The summed E-state index contributed by atoms with van der Waals surface area (Å²) in [6.45, 7) is 2.92. The highest BCUT2D eigenvalue weighted by Gasteiger charge is 2.04. The molecule has 0 heterocycles. The van der Waals surface area contributed by atoms with Gasteiger partial charge in [-0.25, -0.2) is 4.79 Å². The van der Waals surface area contributed by atoms with Crippen LogP contribution in [-0.2, 0) is 4.74 Å². The van der Waals surface area contributed by atoms with Gasteiger partial charge in [0.2, 0.25) is 0 Å². The van der Waals surface area contributed by atoms with Crippen molar-refractivity contribution in [3.63, 3.8) is 0 Å². The Hall–Kier alpha value is -1.77. The van der Waals surface area contributed by atoms with E-state index in [0.29, 0.717) is 12.2 Å². The molecule has 0 saturated heterocycles. The number of benzene rings is 1. The fourth-order valence-corrected chi connectivity index (χ4v) is 1.92. The zero-order valence-corrected chi connectivity index (χ0v) is 13.1. The number of methoxy groups -OCH3 is 1. The van der Waals surface area contributed by atoms with Gasteiger partial charge >= 0.3 is 5.97 Å². The van der Waals surface area contributed by atoms with E-state index in [1.807, 2.05) is 0 Å². The van der Waals surface area contributed by atoms with E-state index in [2.05, 4.69) is 23.8 Å². The van der Waals surface area contributed by atoms with E-state index in [4.69, 9.17) is 4.74 Å². The molecule has 0 fully saturated rings. The maximum absolute atomic E-state index is 11.3. The van der Waals surface area contributed by atoms with Crippen LogP contribution in [0.3, 0.4) is 0 Å². The van der Waals surface area contributed by atoms with Crippen LogP contribution in [0.2, 0.25) is 0 Å². The normalized spacial score (nSPS) is 10.8. The molecule has 1 rings (SSSR count). The summed E-state index contributed by atoms with van der Waals surface area (Å²) in [5.74, 6) is 0.470. The fourth-order valence-electron chi connectivity index (χ4n) is 1.92. The molecule has 3 nitrogen and oxygen atoms in total. The second-order valence-electron chi connectivity index (χ2n) is 4.97. The van der Waals surface area contributed by atoms with Gasteiger partial charge in [-0.15, -0.1) is 0 Å². The number of carbonyl (C=O) groups is 1. The molecule has 0 bridgehead atoms. The highest BCUT2D eigenvalue weighted by molar-refractivity contribution is 5.89. The van der Waals surface area contributed by atoms with Crippen LogP contribution in [0.1, 0.15) is 55.8 Å². The first-order chi connectivity index (χ1) is 10.3. The molecule has 1 aromatic carbocycles. The second kappa shape index (κ2) is 11.0. The molecule has 0 aromatic heterocycles. The van der Waals surface area contributed by atoms with Crippen molar-refractivity contribution in [2.75, 3.05) is 13.7 Å². The third kappa shape index (κ3) is 7.54.